The normalized spacial score (nSPS) is 20.8. The number of rotatable bonds is 10. The van der Waals surface area contributed by atoms with Gasteiger partial charge in [-0.1, -0.05) is 39.0 Å². The molecule has 0 unspecified atom stereocenters. The van der Waals surface area contributed by atoms with E-state index in [1.54, 1.807) is 0 Å². The van der Waals surface area contributed by atoms with Crippen molar-refractivity contribution in [2.45, 2.75) is 45.4 Å². The molecule has 0 saturated carbocycles. The molecule has 5 heteroatoms. The second-order valence-electron chi connectivity index (χ2n) is 5.00. The van der Waals surface area contributed by atoms with Gasteiger partial charge in [-0.05, 0) is 6.42 Å². The molecular formula is C12H25N2O2P. The fourth-order valence-electron chi connectivity index (χ4n) is 2.00. The molecule has 0 spiro atoms. The summed E-state index contributed by atoms with van der Waals surface area (Å²) in [5.74, 6) is 0. The van der Waals surface area contributed by atoms with Crippen molar-refractivity contribution in [1.82, 2.24) is 9.34 Å². The molecule has 0 radical (unpaired) electrons. The lowest BCUT2D eigenvalue weighted by Crippen LogP contribution is -2.08. The van der Waals surface area contributed by atoms with Crippen LogP contribution in [0.5, 0.6) is 0 Å². The summed E-state index contributed by atoms with van der Waals surface area (Å²) < 4.78 is 22.2. The summed E-state index contributed by atoms with van der Waals surface area (Å²) in [5, 5.41) is 0. The van der Waals surface area contributed by atoms with Crippen LogP contribution in [-0.2, 0) is 9.09 Å². The van der Waals surface area contributed by atoms with Crippen LogP contribution >= 0.6 is 7.67 Å². The number of nitrogens with zero attached hydrogens (tertiary/aromatic N) is 2. The lowest BCUT2D eigenvalue weighted by molar-refractivity contribution is 0.265. The molecule has 0 aliphatic carbocycles. The Morgan fingerprint density at radius 2 is 1.47 bits per heavy atom. The van der Waals surface area contributed by atoms with E-state index in [0.717, 1.165) is 32.6 Å². The van der Waals surface area contributed by atoms with E-state index < -0.39 is 7.67 Å². The fourth-order valence-corrected chi connectivity index (χ4v) is 4.24. The Morgan fingerprint density at radius 3 is 2.00 bits per heavy atom. The van der Waals surface area contributed by atoms with Crippen LogP contribution in [0.3, 0.4) is 0 Å². The minimum atomic E-state index is -2.54. The van der Waals surface area contributed by atoms with Crippen molar-refractivity contribution in [3.63, 3.8) is 0 Å². The zero-order valence-electron chi connectivity index (χ0n) is 10.9. The van der Waals surface area contributed by atoms with E-state index in [4.69, 9.17) is 4.52 Å². The van der Waals surface area contributed by atoms with E-state index in [0.29, 0.717) is 6.61 Å². The first-order valence-corrected chi connectivity index (χ1v) is 8.56. The van der Waals surface area contributed by atoms with Crippen LogP contribution in [0.4, 0.5) is 0 Å². The predicted molar refractivity (Wildman–Crippen MR) is 70.1 cm³/mol. The summed E-state index contributed by atoms with van der Waals surface area (Å²) in [5.41, 5.74) is 0. The fraction of sp³-hybridized carbons (Fsp3) is 1.00. The van der Waals surface area contributed by atoms with Gasteiger partial charge in [-0.15, -0.1) is 0 Å². The molecule has 4 nitrogen and oxygen atoms in total. The number of unbranched alkanes of at least 4 members (excludes halogenated alkanes) is 5. The summed E-state index contributed by atoms with van der Waals surface area (Å²) in [7, 11) is -2.54. The smallest absolute Gasteiger partial charge is 0.306 e. The minimum Gasteiger partial charge on any atom is -0.306 e. The van der Waals surface area contributed by atoms with Gasteiger partial charge in [0.25, 0.3) is 0 Å². The van der Waals surface area contributed by atoms with Gasteiger partial charge in [0, 0.05) is 26.2 Å². The van der Waals surface area contributed by atoms with Crippen molar-refractivity contribution in [2.75, 3.05) is 32.8 Å². The average Bonchev–Trinajstić information content (AvgIpc) is 3.20. The van der Waals surface area contributed by atoms with Crippen LogP contribution in [0.15, 0.2) is 0 Å². The lowest BCUT2D eigenvalue weighted by Gasteiger charge is -2.19. The maximum atomic E-state index is 12.5. The molecule has 0 N–H and O–H groups in total. The predicted octanol–water partition coefficient (Wildman–Crippen LogP) is 3.10. The second kappa shape index (κ2) is 6.33. The van der Waals surface area contributed by atoms with Crippen molar-refractivity contribution in [3.8, 4) is 0 Å². The molecule has 0 bridgehead atoms. The third kappa shape index (κ3) is 4.06. The number of hydrogen-bond acceptors (Lipinski definition) is 2. The Labute approximate surface area is 105 Å². The summed E-state index contributed by atoms with van der Waals surface area (Å²) >= 11 is 0. The largest absolute Gasteiger partial charge is 0.346 e. The maximum Gasteiger partial charge on any atom is 0.346 e. The highest BCUT2D eigenvalue weighted by Gasteiger charge is 2.49. The highest BCUT2D eigenvalue weighted by Crippen LogP contribution is 2.60. The molecule has 2 saturated heterocycles. The van der Waals surface area contributed by atoms with Gasteiger partial charge in [0.05, 0.1) is 6.61 Å². The third-order valence-corrected chi connectivity index (χ3v) is 6.07. The van der Waals surface area contributed by atoms with Crippen LogP contribution in [0, 0.1) is 0 Å². The molecule has 0 aromatic heterocycles. The highest BCUT2D eigenvalue weighted by atomic mass is 31.2. The molecule has 17 heavy (non-hydrogen) atoms. The molecule has 2 aliphatic rings. The molecule has 2 heterocycles. The monoisotopic (exact) mass is 260 g/mol. The summed E-state index contributed by atoms with van der Waals surface area (Å²) in [6.45, 7) is 6.69. The Balaban J connectivity index is 1.55. The maximum absolute atomic E-state index is 12.5. The van der Waals surface area contributed by atoms with Crippen LogP contribution in [-0.4, -0.2) is 42.1 Å². The van der Waals surface area contributed by atoms with E-state index in [1.165, 1.54) is 32.1 Å². The summed E-state index contributed by atoms with van der Waals surface area (Å²) in [6, 6.07) is 0. The van der Waals surface area contributed by atoms with Gasteiger partial charge in [-0.2, -0.15) is 0 Å². The van der Waals surface area contributed by atoms with Gasteiger partial charge in [0.2, 0.25) is 0 Å². The molecule has 0 amide bonds. The molecule has 0 aromatic rings. The second-order valence-corrected chi connectivity index (χ2v) is 7.37. The molecule has 100 valence electrons. The Bertz CT molecular complexity index is 262. The van der Waals surface area contributed by atoms with Gasteiger partial charge >= 0.3 is 7.67 Å². The zero-order valence-corrected chi connectivity index (χ0v) is 11.8. The van der Waals surface area contributed by atoms with Gasteiger partial charge in [0.1, 0.15) is 0 Å². The van der Waals surface area contributed by atoms with E-state index in [-0.39, 0.29) is 0 Å². The van der Waals surface area contributed by atoms with Crippen LogP contribution < -0.4 is 0 Å². The molecular weight excluding hydrogens is 235 g/mol. The van der Waals surface area contributed by atoms with E-state index in [2.05, 4.69) is 6.92 Å². The topological polar surface area (TPSA) is 32.3 Å². The van der Waals surface area contributed by atoms with Crippen molar-refractivity contribution in [3.05, 3.63) is 0 Å². The molecule has 0 atom stereocenters. The lowest BCUT2D eigenvalue weighted by atomic mass is 10.1. The average molecular weight is 260 g/mol. The first kappa shape index (κ1) is 13.5. The molecule has 0 aromatic carbocycles. The van der Waals surface area contributed by atoms with Gasteiger partial charge in [-0.25, -0.2) is 9.34 Å². The van der Waals surface area contributed by atoms with Crippen LogP contribution in [0.2, 0.25) is 0 Å². The minimum absolute atomic E-state index is 0.663. The Hall–Kier alpha value is 0.110. The van der Waals surface area contributed by atoms with E-state index >= 15 is 0 Å². The zero-order chi connectivity index (χ0) is 12.1. The third-order valence-electron chi connectivity index (χ3n) is 3.32. The van der Waals surface area contributed by atoms with Gasteiger partial charge in [0.15, 0.2) is 0 Å². The molecule has 2 fully saturated rings. The van der Waals surface area contributed by atoms with Crippen molar-refractivity contribution >= 4 is 7.67 Å². The van der Waals surface area contributed by atoms with Crippen LogP contribution in [0.25, 0.3) is 0 Å². The molecule has 2 rings (SSSR count). The quantitative estimate of drug-likeness (QED) is 0.343. The first-order chi connectivity index (χ1) is 8.27. The SMILES string of the molecule is CCCCCCCCOP(=O)(N1CC1)N1CC1. The Morgan fingerprint density at radius 1 is 0.941 bits per heavy atom. The van der Waals surface area contributed by atoms with Gasteiger partial charge in [-0.3, -0.25) is 4.57 Å². The van der Waals surface area contributed by atoms with E-state index in [9.17, 15) is 4.57 Å². The Kier molecular flexibility index (Phi) is 5.04. The van der Waals surface area contributed by atoms with Crippen molar-refractivity contribution in [1.29, 1.82) is 0 Å². The van der Waals surface area contributed by atoms with Gasteiger partial charge < -0.3 is 4.52 Å². The first-order valence-electron chi connectivity index (χ1n) is 7.03. The summed E-state index contributed by atoms with van der Waals surface area (Å²) in [6.07, 6.45) is 7.49. The van der Waals surface area contributed by atoms with Crippen molar-refractivity contribution < 1.29 is 9.09 Å². The highest BCUT2D eigenvalue weighted by molar-refractivity contribution is 7.54. The number of hydrogen-bond donors (Lipinski definition) is 0. The molecule has 2 aliphatic heterocycles. The van der Waals surface area contributed by atoms with Crippen molar-refractivity contribution in [2.24, 2.45) is 0 Å². The van der Waals surface area contributed by atoms with Crippen LogP contribution in [0.1, 0.15) is 45.4 Å². The standard InChI is InChI=1S/C12H25N2O2P/c1-2-3-4-5-6-7-12-16-17(15,13-8-9-13)14-10-11-14/h2-12H2,1H3. The summed E-state index contributed by atoms with van der Waals surface area (Å²) in [4.78, 5) is 0. The van der Waals surface area contributed by atoms with E-state index in [1.807, 2.05) is 9.34 Å².